The number of aromatic hydroxyl groups is 1. The average Bonchev–Trinajstić information content (AvgIpc) is 2.86. The van der Waals surface area contributed by atoms with Gasteiger partial charge in [0.05, 0.1) is 6.42 Å². The summed E-state index contributed by atoms with van der Waals surface area (Å²) >= 11 is 0. The molecule has 1 aromatic rings. The Bertz CT molecular complexity index is 1190. The van der Waals surface area contributed by atoms with E-state index in [1.807, 2.05) is 0 Å². The van der Waals surface area contributed by atoms with E-state index in [4.69, 9.17) is 10.6 Å². The quantitative estimate of drug-likeness (QED) is 0.0630. The van der Waals surface area contributed by atoms with Crippen LogP contribution in [0, 0.1) is 5.92 Å². The van der Waals surface area contributed by atoms with Crippen molar-refractivity contribution in [2.75, 3.05) is 0 Å². The maximum atomic E-state index is 13.0. The number of aliphatic carboxylic acids is 1. The predicted octanol–water partition coefficient (Wildman–Crippen LogP) is -1.52. The number of rotatable bonds is 15. The van der Waals surface area contributed by atoms with E-state index in [0.29, 0.717) is 5.56 Å². The van der Waals surface area contributed by atoms with Gasteiger partial charge in [-0.3, -0.25) is 33.6 Å². The van der Waals surface area contributed by atoms with E-state index in [1.54, 1.807) is 26.0 Å². The zero-order valence-electron chi connectivity index (χ0n) is 22.3. The van der Waals surface area contributed by atoms with E-state index >= 15 is 0 Å². The Kier molecular flexibility index (Phi) is 12.8. The van der Waals surface area contributed by atoms with Crippen LogP contribution in [0.1, 0.15) is 39.7 Å². The largest absolute Gasteiger partial charge is 0.508 e. The molecule has 216 valence electrons. The molecule has 0 bridgehead atoms. The molecule has 0 aliphatic heterocycles. The van der Waals surface area contributed by atoms with Crippen LogP contribution in [0.15, 0.2) is 24.3 Å². The second kappa shape index (κ2) is 15.5. The summed E-state index contributed by atoms with van der Waals surface area (Å²) in [6, 6.07) is 0.595. The minimum Gasteiger partial charge on any atom is -0.508 e. The van der Waals surface area contributed by atoms with Gasteiger partial charge < -0.3 is 37.0 Å². The third kappa shape index (κ3) is 10.8. The third-order valence-electron chi connectivity index (χ3n) is 5.50. The lowest BCUT2D eigenvalue weighted by Gasteiger charge is -2.26. The van der Waals surface area contributed by atoms with Gasteiger partial charge in [-0.2, -0.15) is 4.79 Å². The molecule has 6 N–H and O–H groups in total. The van der Waals surface area contributed by atoms with Crippen molar-refractivity contribution < 1.29 is 48.6 Å². The zero-order chi connectivity index (χ0) is 30.6. The number of phenols is 1. The number of nitrogens with zero attached hydrogens (tertiary/aromatic N) is 2. The first kappa shape index (κ1) is 33.1. The summed E-state index contributed by atoms with van der Waals surface area (Å²) in [6.45, 7) is 5.70. The lowest BCUT2D eigenvalue weighted by molar-refractivity contribution is -0.142. The number of carboxylic acids is 1. The molecule has 0 spiro atoms. The van der Waals surface area contributed by atoms with Crippen LogP contribution in [0.25, 0.3) is 5.53 Å². The molecule has 0 aliphatic rings. The number of carbonyl (C=O) groups excluding carboxylic acids is 6. The van der Waals surface area contributed by atoms with E-state index < -0.39 is 77.7 Å². The van der Waals surface area contributed by atoms with Crippen molar-refractivity contribution in [3.05, 3.63) is 35.4 Å². The van der Waals surface area contributed by atoms with Crippen LogP contribution in [0.4, 0.5) is 0 Å². The first-order chi connectivity index (χ1) is 18.7. The van der Waals surface area contributed by atoms with Crippen molar-refractivity contribution in [1.29, 1.82) is 0 Å². The van der Waals surface area contributed by atoms with E-state index in [2.05, 4.69) is 26.1 Å². The molecular weight excluding hydrogens is 528 g/mol. The van der Waals surface area contributed by atoms with Crippen LogP contribution in [0.3, 0.4) is 0 Å². The Balaban J connectivity index is 2.98. The minimum absolute atomic E-state index is 0.0169. The van der Waals surface area contributed by atoms with Gasteiger partial charge >= 0.3 is 18.0 Å². The number of benzene rings is 1. The SMILES string of the molecule is CC(=O)N[C@@H](Cc1ccc(O)cc1)C(=O)N[C@H](C(=O)N[C@@H](C)C(=O)N[C@@H](CC(=O)O)C(=O)C(=O)C=[N+]=[N-])C(C)C. The Morgan fingerprint density at radius 3 is 1.98 bits per heavy atom. The maximum absolute atomic E-state index is 13.0. The number of phenolic OH excluding ortho intramolecular Hbond substituents is 1. The van der Waals surface area contributed by atoms with Crippen LogP contribution < -0.4 is 21.3 Å². The summed E-state index contributed by atoms with van der Waals surface area (Å²) in [6.07, 6.45) is -0.650. The van der Waals surface area contributed by atoms with E-state index in [9.17, 15) is 38.7 Å². The molecule has 1 aromatic carbocycles. The van der Waals surface area contributed by atoms with Gasteiger partial charge in [-0.25, -0.2) is 0 Å². The summed E-state index contributed by atoms with van der Waals surface area (Å²) < 4.78 is 0. The Labute approximate surface area is 229 Å². The molecule has 0 unspecified atom stereocenters. The summed E-state index contributed by atoms with van der Waals surface area (Å²) in [5.41, 5.74) is 9.05. The first-order valence-corrected chi connectivity index (χ1v) is 12.1. The van der Waals surface area contributed by atoms with Crippen LogP contribution in [0.5, 0.6) is 5.75 Å². The summed E-state index contributed by atoms with van der Waals surface area (Å²) in [4.78, 5) is 87.7. The summed E-state index contributed by atoms with van der Waals surface area (Å²) in [5, 5.41) is 28.0. The van der Waals surface area contributed by atoms with E-state index in [0.717, 1.165) is 0 Å². The number of amides is 4. The molecule has 0 fully saturated rings. The van der Waals surface area contributed by atoms with Gasteiger partial charge in [-0.05, 0) is 30.5 Å². The van der Waals surface area contributed by atoms with Gasteiger partial charge in [-0.15, -0.1) is 0 Å². The number of hydrogen-bond donors (Lipinski definition) is 6. The Morgan fingerprint density at radius 1 is 0.875 bits per heavy atom. The molecular formula is C25H32N6O9. The highest BCUT2D eigenvalue weighted by molar-refractivity contribution is 6.59. The van der Waals surface area contributed by atoms with Crippen molar-refractivity contribution in [2.24, 2.45) is 5.92 Å². The Morgan fingerprint density at radius 2 is 1.48 bits per heavy atom. The second-order valence-electron chi connectivity index (χ2n) is 9.22. The number of hydrogen-bond acceptors (Lipinski definition) is 8. The minimum atomic E-state index is -1.80. The van der Waals surface area contributed by atoms with Gasteiger partial charge in [0.1, 0.15) is 29.9 Å². The molecule has 15 nitrogen and oxygen atoms in total. The molecule has 0 radical (unpaired) electrons. The third-order valence-corrected chi connectivity index (χ3v) is 5.50. The number of Topliss-reactive ketones (excluding diaryl/α,β-unsaturated/α-hetero) is 2. The highest BCUT2D eigenvalue weighted by Gasteiger charge is 2.33. The predicted molar refractivity (Wildman–Crippen MR) is 138 cm³/mol. The molecule has 0 aliphatic carbocycles. The fraction of sp³-hybridized carbons (Fsp3) is 0.440. The fourth-order valence-electron chi connectivity index (χ4n) is 3.45. The monoisotopic (exact) mass is 560 g/mol. The van der Waals surface area contributed by atoms with E-state index in [1.165, 1.54) is 26.0 Å². The smallest absolute Gasteiger partial charge is 0.331 e. The van der Waals surface area contributed by atoms with Crippen molar-refractivity contribution >= 4 is 47.4 Å². The van der Waals surface area contributed by atoms with Crippen LogP contribution >= 0.6 is 0 Å². The number of carboxylic acid groups (broad SMARTS) is 1. The lowest BCUT2D eigenvalue weighted by atomic mass is 10.0. The van der Waals surface area contributed by atoms with Crippen molar-refractivity contribution in [3.8, 4) is 5.75 Å². The molecule has 1 rings (SSSR count). The highest BCUT2D eigenvalue weighted by atomic mass is 16.4. The second-order valence-corrected chi connectivity index (χ2v) is 9.22. The maximum Gasteiger partial charge on any atom is 0.331 e. The van der Waals surface area contributed by atoms with E-state index in [-0.39, 0.29) is 18.4 Å². The highest BCUT2D eigenvalue weighted by Crippen LogP contribution is 2.12. The zero-order valence-corrected chi connectivity index (χ0v) is 22.3. The van der Waals surface area contributed by atoms with Crippen LogP contribution in [-0.2, 0) is 40.0 Å². The normalized spacial score (nSPS) is 13.4. The molecule has 0 heterocycles. The number of nitrogens with one attached hydrogen (secondary N) is 4. The summed E-state index contributed by atoms with van der Waals surface area (Å²) in [7, 11) is 0. The molecule has 40 heavy (non-hydrogen) atoms. The first-order valence-electron chi connectivity index (χ1n) is 12.1. The van der Waals surface area contributed by atoms with Gasteiger partial charge in [0, 0.05) is 13.3 Å². The molecule has 0 aromatic heterocycles. The average molecular weight is 561 g/mol. The number of carbonyl (C=O) groups is 7. The summed E-state index contributed by atoms with van der Waals surface area (Å²) in [5.74, 6) is -7.65. The van der Waals surface area contributed by atoms with Crippen molar-refractivity contribution in [2.45, 2.75) is 64.7 Å². The molecule has 15 heteroatoms. The van der Waals surface area contributed by atoms with Gasteiger partial charge in [0.25, 0.3) is 0 Å². The van der Waals surface area contributed by atoms with Gasteiger partial charge in [0.2, 0.25) is 29.4 Å². The molecule has 4 amide bonds. The Hall–Kier alpha value is -4.91. The number of ketones is 2. The van der Waals surface area contributed by atoms with Crippen LogP contribution in [0.2, 0.25) is 0 Å². The lowest BCUT2D eigenvalue weighted by Crippen LogP contribution is -2.59. The standard InChI is InChI=1S/C25H32N6O9/c1-12(2)21(31-24(39)18(29-14(4)32)9-15-5-7-16(33)8-6-15)25(40)28-13(3)23(38)30-17(10-20(35)36)22(37)19(34)11-27-26/h5-8,11-13,17-18,21,33H,9-10H2,1-4H3,(H,28,40)(H,29,32)(H,30,38)(H,31,39)(H,35,36)/t13-,17-,18-,21-/m0/s1. The van der Waals surface area contributed by atoms with Crippen LogP contribution in [-0.4, -0.2) is 86.5 Å². The van der Waals surface area contributed by atoms with Gasteiger partial charge in [0.15, 0.2) is 0 Å². The molecule has 4 atom stereocenters. The van der Waals surface area contributed by atoms with Crippen molar-refractivity contribution in [3.63, 3.8) is 0 Å². The topological polar surface area (TPSA) is 244 Å². The van der Waals surface area contributed by atoms with Gasteiger partial charge in [-0.1, -0.05) is 26.0 Å². The molecule has 0 saturated carbocycles. The van der Waals surface area contributed by atoms with Crippen molar-refractivity contribution in [1.82, 2.24) is 21.3 Å². The molecule has 0 saturated heterocycles. The fourth-order valence-corrected chi connectivity index (χ4v) is 3.45.